The van der Waals surface area contributed by atoms with Crippen molar-refractivity contribution in [2.45, 2.75) is 13.5 Å². The largest absolute Gasteiger partial charge is 0.352 e. The van der Waals surface area contributed by atoms with Crippen LogP contribution in [0.3, 0.4) is 0 Å². The van der Waals surface area contributed by atoms with Crippen molar-refractivity contribution in [3.05, 3.63) is 35.4 Å². The zero-order chi connectivity index (χ0) is 14.5. The molecule has 19 heavy (non-hydrogen) atoms. The lowest BCUT2D eigenvalue weighted by Crippen LogP contribution is -2.35. The number of nitrogens with one attached hydrogen (secondary N) is 2. The van der Waals surface area contributed by atoms with Crippen LogP contribution in [0, 0.1) is 0 Å². The first-order valence-electron chi connectivity index (χ1n) is 5.91. The van der Waals surface area contributed by atoms with Gasteiger partial charge in [0.2, 0.25) is 0 Å². The molecule has 106 valence electrons. The molecule has 0 aromatic heterocycles. The van der Waals surface area contributed by atoms with E-state index >= 15 is 0 Å². The Morgan fingerprint density at radius 3 is 2.26 bits per heavy atom. The van der Waals surface area contributed by atoms with E-state index in [4.69, 9.17) is 0 Å². The highest BCUT2D eigenvalue weighted by molar-refractivity contribution is 7.87. The summed E-state index contributed by atoms with van der Waals surface area (Å²) in [7, 11) is -0.510. The van der Waals surface area contributed by atoms with Crippen LogP contribution in [0.2, 0.25) is 0 Å². The second-order valence-electron chi connectivity index (χ2n) is 4.16. The summed E-state index contributed by atoms with van der Waals surface area (Å²) >= 11 is 0. The first kappa shape index (κ1) is 15.6. The topological polar surface area (TPSA) is 78.5 Å². The maximum absolute atomic E-state index is 11.5. The molecule has 0 aliphatic rings. The third kappa shape index (κ3) is 4.62. The second kappa shape index (κ2) is 6.65. The minimum atomic E-state index is -3.43. The molecule has 0 saturated heterocycles. The van der Waals surface area contributed by atoms with E-state index < -0.39 is 10.2 Å². The number of hydrogen-bond acceptors (Lipinski definition) is 3. The first-order valence-corrected chi connectivity index (χ1v) is 7.35. The van der Waals surface area contributed by atoms with Gasteiger partial charge in [0.1, 0.15) is 0 Å². The van der Waals surface area contributed by atoms with E-state index in [9.17, 15) is 13.2 Å². The predicted molar refractivity (Wildman–Crippen MR) is 73.9 cm³/mol. The Balaban J connectivity index is 2.65. The molecule has 7 heteroatoms. The van der Waals surface area contributed by atoms with E-state index in [1.165, 1.54) is 14.1 Å². The van der Waals surface area contributed by atoms with Gasteiger partial charge in [-0.2, -0.15) is 17.4 Å². The zero-order valence-electron chi connectivity index (χ0n) is 11.3. The number of carbonyl (C=O) groups is 1. The van der Waals surface area contributed by atoms with Crippen LogP contribution in [-0.2, 0) is 16.8 Å². The minimum absolute atomic E-state index is 0.136. The highest BCUT2D eigenvalue weighted by atomic mass is 32.2. The van der Waals surface area contributed by atoms with E-state index in [1.54, 1.807) is 24.3 Å². The lowest BCUT2D eigenvalue weighted by molar-refractivity contribution is 0.0956. The van der Waals surface area contributed by atoms with Gasteiger partial charge in [0.15, 0.2) is 0 Å². The van der Waals surface area contributed by atoms with Gasteiger partial charge < -0.3 is 5.32 Å². The molecule has 6 nitrogen and oxygen atoms in total. The van der Waals surface area contributed by atoms with Crippen LogP contribution in [0.1, 0.15) is 22.8 Å². The van der Waals surface area contributed by atoms with Crippen molar-refractivity contribution >= 4 is 16.1 Å². The normalized spacial score (nSPS) is 11.6. The van der Waals surface area contributed by atoms with Crippen molar-refractivity contribution in [2.24, 2.45) is 0 Å². The van der Waals surface area contributed by atoms with Gasteiger partial charge in [0.25, 0.3) is 16.1 Å². The summed E-state index contributed by atoms with van der Waals surface area (Å²) < 4.78 is 26.6. The minimum Gasteiger partial charge on any atom is -0.352 e. The lowest BCUT2D eigenvalue weighted by Gasteiger charge is -2.12. The molecule has 0 aliphatic heterocycles. The number of hydrogen-bond donors (Lipinski definition) is 2. The van der Waals surface area contributed by atoms with E-state index in [1.807, 2.05) is 6.92 Å². The van der Waals surface area contributed by atoms with E-state index in [2.05, 4.69) is 10.0 Å². The molecule has 0 heterocycles. The van der Waals surface area contributed by atoms with Crippen LogP contribution >= 0.6 is 0 Å². The molecule has 0 bridgehead atoms. The third-order valence-corrected chi connectivity index (χ3v) is 3.96. The van der Waals surface area contributed by atoms with Crippen LogP contribution in [0.4, 0.5) is 0 Å². The molecule has 1 rings (SSSR count). The molecule has 0 aliphatic carbocycles. The van der Waals surface area contributed by atoms with Gasteiger partial charge in [-0.05, 0) is 24.6 Å². The Kier molecular flexibility index (Phi) is 5.46. The number of carbonyl (C=O) groups excluding carboxylic acids is 1. The molecule has 0 atom stereocenters. The van der Waals surface area contributed by atoms with E-state index in [0.717, 1.165) is 9.87 Å². The summed E-state index contributed by atoms with van der Waals surface area (Å²) in [6.07, 6.45) is 0. The molecular weight excluding hydrogens is 266 g/mol. The molecule has 1 aromatic rings. The average Bonchev–Trinajstić information content (AvgIpc) is 2.37. The van der Waals surface area contributed by atoms with Gasteiger partial charge in [-0.1, -0.05) is 12.1 Å². The van der Waals surface area contributed by atoms with Crippen molar-refractivity contribution in [2.75, 3.05) is 20.6 Å². The Hall–Kier alpha value is -1.44. The molecule has 0 radical (unpaired) electrons. The third-order valence-electron chi connectivity index (χ3n) is 2.49. The molecular formula is C12H19N3O3S. The van der Waals surface area contributed by atoms with Crippen LogP contribution in [0.15, 0.2) is 24.3 Å². The van der Waals surface area contributed by atoms with Crippen LogP contribution in [0.5, 0.6) is 0 Å². The molecule has 0 spiro atoms. The van der Waals surface area contributed by atoms with E-state index in [-0.39, 0.29) is 12.5 Å². The molecule has 0 fully saturated rings. The van der Waals surface area contributed by atoms with Gasteiger partial charge in [-0.3, -0.25) is 4.79 Å². The van der Waals surface area contributed by atoms with Crippen molar-refractivity contribution in [3.8, 4) is 0 Å². The SMILES string of the molecule is CCNC(=O)c1ccc(CNS(=O)(=O)N(C)C)cc1. The number of amides is 1. The summed E-state index contributed by atoms with van der Waals surface area (Å²) in [6.45, 7) is 2.61. The molecule has 1 aromatic carbocycles. The van der Waals surface area contributed by atoms with Gasteiger partial charge in [-0.25, -0.2) is 0 Å². The monoisotopic (exact) mass is 285 g/mol. The Morgan fingerprint density at radius 1 is 1.21 bits per heavy atom. The van der Waals surface area contributed by atoms with E-state index in [0.29, 0.717) is 12.1 Å². The summed E-state index contributed by atoms with van der Waals surface area (Å²) in [4.78, 5) is 11.5. The number of rotatable bonds is 6. The lowest BCUT2D eigenvalue weighted by atomic mass is 10.1. The summed E-state index contributed by atoms with van der Waals surface area (Å²) in [6, 6.07) is 6.79. The van der Waals surface area contributed by atoms with Crippen molar-refractivity contribution in [1.29, 1.82) is 0 Å². The van der Waals surface area contributed by atoms with Gasteiger partial charge in [0.05, 0.1) is 0 Å². The second-order valence-corrected chi connectivity index (χ2v) is 6.13. The average molecular weight is 285 g/mol. The van der Waals surface area contributed by atoms with Crippen molar-refractivity contribution in [1.82, 2.24) is 14.3 Å². The smallest absolute Gasteiger partial charge is 0.279 e. The molecule has 1 amide bonds. The molecule has 2 N–H and O–H groups in total. The highest BCUT2D eigenvalue weighted by Crippen LogP contribution is 2.05. The van der Waals surface area contributed by atoms with Crippen LogP contribution in [0.25, 0.3) is 0 Å². The fourth-order valence-electron chi connectivity index (χ4n) is 1.34. The molecule has 0 unspecified atom stereocenters. The number of benzene rings is 1. The van der Waals surface area contributed by atoms with Gasteiger partial charge in [-0.15, -0.1) is 0 Å². The summed E-state index contributed by atoms with van der Waals surface area (Å²) in [5, 5.41) is 2.70. The van der Waals surface area contributed by atoms with Crippen LogP contribution in [-0.4, -0.2) is 39.3 Å². The maximum atomic E-state index is 11.5. The number of nitrogens with zero attached hydrogens (tertiary/aromatic N) is 1. The molecule has 0 saturated carbocycles. The standard InChI is InChI=1S/C12H19N3O3S/c1-4-13-12(16)11-7-5-10(6-8-11)9-14-19(17,18)15(2)3/h5-8,14H,4,9H2,1-3H3,(H,13,16). The highest BCUT2D eigenvalue weighted by Gasteiger charge is 2.12. The van der Waals surface area contributed by atoms with Crippen molar-refractivity contribution in [3.63, 3.8) is 0 Å². The van der Waals surface area contributed by atoms with Gasteiger partial charge in [0, 0.05) is 32.7 Å². The zero-order valence-corrected chi connectivity index (χ0v) is 12.1. The summed E-state index contributed by atoms with van der Waals surface area (Å²) in [5.41, 5.74) is 1.35. The fourth-order valence-corrected chi connectivity index (χ4v) is 1.95. The Bertz CT molecular complexity index is 524. The Morgan fingerprint density at radius 2 is 1.79 bits per heavy atom. The van der Waals surface area contributed by atoms with Crippen LogP contribution < -0.4 is 10.0 Å². The van der Waals surface area contributed by atoms with Crippen molar-refractivity contribution < 1.29 is 13.2 Å². The maximum Gasteiger partial charge on any atom is 0.279 e. The first-order chi connectivity index (χ1) is 8.86. The summed E-state index contributed by atoms with van der Waals surface area (Å²) in [5.74, 6) is -0.136. The quantitative estimate of drug-likeness (QED) is 0.790. The Labute approximate surface area is 114 Å². The van der Waals surface area contributed by atoms with Gasteiger partial charge >= 0.3 is 0 Å². The predicted octanol–water partition coefficient (Wildman–Crippen LogP) is 0.332. The fraction of sp³-hybridized carbons (Fsp3) is 0.417.